The predicted octanol–water partition coefficient (Wildman–Crippen LogP) is 3.36. The number of β-amino-alcohol motifs (C(OH)–C–C–N with tert-alkyl or cyclic N) is 1. The van der Waals surface area contributed by atoms with E-state index in [0.29, 0.717) is 24.1 Å². The number of phenolic OH excluding ortho intramolecular Hbond substituents is 1. The predicted molar refractivity (Wildman–Crippen MR) is 103 cm³/mol. The van der Waals surface area contributed by atoms with Gasteiger partial charge in [-0.3, -0.25) is 4.90 Å². The van der Waals surface area contributed by atoms with Gasteiger partial charge in [0.25, 0.3) is 0 Å². The van der Waals surface area contributed by atoms with E-state index in [0.717, 1.165) is 31.5 Å². The number of methoxy groups -OCH3 is 1. The minimum absolute atomic E-state index is 0.00929. The zero-order chi connectivity index (χ0) is 19.7. The molecule has 4 atom stereocenters. The van der Waals surface area contributed by atoms with Crippen LogP contribution in [-0.2, 0) is 0 Å². The van der Waals surface area contributed by atoms with Gasteiger partial charge in [-0.05, 0) is 54.5 Å². The lowest BCUT2D eigenvalue weighted by molar-refractivity contribution is 0.115. The highest BCUT2D eigenvalue weighted by Gasteiger charge is 2.42. The van der Waals surface area contributed by atoms with Gasteiger partial charge in [0.1, 0.15) is 5.75 Å². The molecule has 1 saturated heterocycles. The molecule has 2 N–H and O–H groups in total. The van der Waals surface area contributed by atoms with Gasteiger partial charge in [0.15, 0.2) is 17.3 Å². The summed E-state index contributed by atoms with van der Waals surface area (Å²) in [5.41, 5.74) is 0.808. The van der Waals surface area contributed by atoms with E-state index < -0.39 is 11.9 Å². The normalized spacial score (nSPS) is 25.5. The fourth-order valence-electron chi connectivity index (χ4n) is 4.56. The molecule has 0 spiro atoms. The number of likely N-dealkylation sites (tertiary alicyclic amines) is 1. The third kappa shape index (κ3) is 3.93. The molecule has 2 aromatic carbocycles. The lowest BCUT2D eigenvalue weighted by Crippen LogP contribution is -2.29. The van der Waals surface area contributed by atoms with Gasteiger partial charge < -0.3 is 19.7 Å². The number of aliphatic hydroxyl groups is 1. The van der Waals surface area contributed by atoms with Crippen molar-refractivity contribution in [2.24, 2.45) is 11.8 Å². The van der Waals surface area contributed by atoms with Crippen molar-refractivity contribution >= 4 is 0 Å². The van der Waals surface area contributed by atoms with Crippen molar-refractivity contribution in [3.63, 3.8) is 0 Å². The Hall–Kier alpha value is -2.31. The van der Waals surface area contributed by atoms with Crippen LogP contribution < -0.4 is 9.47 Å². The van der Waals surface area contributed by atoms with E-state index in [-0.39, 0.29) is 17.6 Å². The quantitative estimate of drug-likeness (QED) is 0.796. The lowest BCUT2D eigenvalue weighted by atomic mass is 10.0. The zero-order valence-electron chi connectivity index (χ0n) is 15.9. The van der Waals surface area contributed by atoms with Gasteiger partial charge in [0, 0.05) is 19.6 Å². The molecule has 0 radical (unpaired) electrons. The molecule has 0 bridgehead atoms. The molecule has 150 valence electrons. The number of hydrogen-bond donors (Lipinski definition) is 2. The Morgan fingerprint density at radius 2 is 1.79 bits per heavy atom. The fourth-order valence-corrected chi connectivity index (χ4v) is 4.56. The number of aliphatic hydroxyl groups excluding tert-OH is 1. The van der Waals surface area contributed by atoms with E-state index in [2.05, 4.69) is 4.90 Å². The van der Waals surface area contributed by atoms with Crippen LogP contribution in [-0.4, -0.2) is 48.0 Å². The van der Waals surface area contributed by atoms with Crippen molar-refractivity contribution in [3.05, 3.63) is 53.8 Å². The van der Waals surface area contributed by atoms with E-state index in [1.807, 2.05) is 0 Å². The SMILES string of the molecule is COc1cccc(F)c1O[C@@H]1C[C@@H]2CN(CC(O)c3ccc(O)cc3)C[C@@H]2C1. The number of rotatable bonds is 6. The van der Waals surface area contributed by atoms with Gasteiger partial charge in [0.2, 0.25) is 0 Å². The van der Waals surface area contributed by atoms with Crippen molar-refractivity contribution in [2.75, 3.05) is 26.7 Å². The molecule has 1 aliphatic heterocycles. The maximum Gasteiger partial charge on any atom is 0.197 e. The number of nitrogens with zero attached hydrogens (tertiary/aromatic N) is 1. The van der Waals surface area contributed by atoms with Crippen LogP contribution in [0.3, 0.4) is 0 Å². The van der Waals surface area contributed by atoms with Crippen LogP contribution in [0.25, 0.3) is 0 Å². The van der Waals surface area contributed by atoms with Crippen molar-refractivity contribution < 1.29 is 24.1 Å². The molecule has 2 aromatic rings. The van der Waals surface area contributed by atoms with Crippen molar-refractivity contribution in [1.82, 2.24) is 4.90 Å². The summed E-state index contributed by atoms with van der Waals surface area (Å²) in [7, 11) is 1.52. The van der Waals surface area contributed by atoms with Crippen LogP contribution in [0.1, 0.15) is 24.5 Å². The summed E-state index contributed by atoms with van der Waals surface area (Å²) in [4.78, 5) is 2.28. The Bertz CT molecular complexity index is 799. The molecule has 4 rings (SSSR count). The van der Waals surface area contributed by atoms with Crippen LogP contribution in [0.4, 0.5) is 4.39 Å². The van der Waals surface area contributed by atoms with Crippen molar-refractivity contribution in [3.8, 4) is 17.2 Å². The van der Waals surface area contributed by atoms with E-state index >= 15 is 0 Å². The lowest BCUT2D eigenvalue weighted by Gasteiger charge is -2.23. The van der Waals surface area contributed by atoms with Crippen LogP contribution >= 0.6 is 0 Å². The topological polar surface area (TPSA) is 62.2 Å². The first-order chi connectivity index (χ1) is 13.5. The fraction of sp³-hybridized carbons (Fsp3) is 0.455. The summed E-state index contributed by atoms with van der Waals surface area (Å²) in [5.74, 6) is 1.43. The monoisotopic (exact) mass is 387 g/mol. The number of halogens is 1. The second-order valence-electron chi connectivity index (χ2n) is 7.83. The van der Waals surface area contributed by atoms with Crippen molar-refractivity contribution in [1.29, 1.82) is 0 Å². The number of hydrogen-bond acceptors (Lipinski definition) is 5. The highest BCUT2D eigenvalue weighted by atomic mass is 19.1. The molecule has 2 aliphatic rings. The van der Waals surface area contributed by atoms with Gasteiger partial charge in [-0.25, -0.2) is 4.39 Å². The number of benzene rings is 2. The maximum absolute atomic E-state index is 14.1. The first kappa shape index (κ1) is 19.0. The number of aromatic hydroxyl groups is 1. The van der Waals surface area contributed by atoms with Gasteiger partial charge in [-0.1, -0.05) is 18.2 Å². The molecule has 6 heteroatoms. The molecule has 0 amide bonds. The van der Waals surface area contributed by atoms with Crippen molar-refractivity contribution in [2.45, 2.75) is 25.0 Å². The minimum Gasteiger partial charge on any atom is -0.508 e. The van der Waals surface area contributed by atoms with Gasteiger partial charge in [-0.15, -0.1) is 0 Å². The highest BCUT2D eigenvalue weighted by Crippen LogP contribution is 2.42. The molecular formula is C22H26FNO4. The Kier molecular flexibility index (Phi) is 5.42. The van der Waals surface area contributed by atoms with Gasteiger partial charge in [0.05, 0.1) is 19.3 Å². The first-order valence-electron chi connectivity index (χ1n) is 9.72. The molecule has 5 nitrogen and oxygen atoms in total. The number of ether oxygens (including phenoxy) is 2. The van der Waals surface area contributed by atoms with Crippen LogP contribution in [0.15, 0.2) is 42.5 Å². The molecule has 1 unspecified atom stereocenters. The summed E-state index contributed by atoms with van der Waals surface area (Å²) in [6.45, 7) is 2.40. The molecule has 28 heavy (non-hydrogen) atoms. The van der Waals surface area contributed by atoms with E-state index in [9.17, 15) is 14.6 Å². The second kappa shape index (κ2) is 7.97. The standard InChI is InChI=1S/C22H26FNO4/c1-27-21-4-2-3-19(23)22(21)28-18-9-15-11-24(12-16(15)10-18)13-20(26)14-5-7-17(25)8-6-14/h2-8,15-16,18,20,25-26H,9-13H2,1H3/t15-,16+,18-,20?. The summed E-state index contributed by atoms with van der Waals surface area (Å²) in [6, 6.07) is 11.4. The molecule has 2 fully saturated rings. The van der Waals surface area contributed by atoms with E-state index in [4.69, 9.17) is 9.47 Å². The highest BCUT2D eigenvalue weighted by molar-refractivity contribution is 5.41. The smallest absolute Gasteiger partial charge is 0.197 e. The molecule has 1 heterocycles. The minimum atomic E-state index is -0.575. The summed E-state index contributed by atoms with van der Waals surface area (Å²) < 4.78 is 25.3. The second-order valence-corrected chi connectivity index (χ2v) is 7.83. The average molecular weight is 387 g/mol. The van der Waals surface area contributed by atoms with Crippen LogP contribution in [0.5, 0.6) is 17.2 Å². The number of para-hydroxylation sites is 1. The third-order valence-corrected chi connectivity index (χ3v) is 5.93. The average Bonchev–Trinajstić information content (AvgIpc) is 3.21. The van der Waals surface area contributed by atoms with E-state index in [1.54, 1.807) is 36.4 Å². The van der Waals surface area contributed by atoms with E-state index in [1.165, 1.54) is 13.2 Å². The van der Waals surface area contributed by atoms with Gasteiger partial charge in [-0.2, -0.15) is 0 Å². The van der Waals surface area contributed by atoms with Crippen LogP contribution in [0, 0.1) is 17.7 Å². The summed E-state index contributed by atoms with van der Waals surface area (Å²) in [6.07, 6.45) is 1.18. The Labute approximate surface area is 164 Å². The molecular weight excluding hydrogens is 361 g/mol. The Morgan fingerprint density at radius 3 is 2.43 bits per heavy atom. The zero-order valence-corrected chi connectivity index (χ0v) is 15.9. The number of fused-ring (bicyclic) bond motifs is 1. The Balaban J connectivity index is 1.32. The number of phenols is 1. The Morgan fingerprint density at radius 1 is 1.11 bits per heavy atom. The summed E-state index contributed by atoms with van der Waals surface area (Å²) >= 11 is 0. The summed E-state index contributed by atoms with van der Waals surface area (Å²) in [5, 5.41) is 19.8. The molecule has 1 saturated carbocycles. The van der Waals surface area contributed by atoms with Crippen LogP contribution in [0.2, 0.25) is 0 Å². The third-order valence-electron chi connectivity index (χ3n) is 5.93. The largest absolute Gasteiger partial charge is 0.508 e. The first-order valence-corrected chi connectivity index (χ1v) is 9.72. The van der Waals surface area contributed by atoms with Gasteiger partial charge >= 0.3 is 0 Å². The molecule has 1 aliphatic carbocycles. The molecule has 0 aromatic heterocycles. The maximum atomic E-state index is 14.1.